The number of aromatic nitrogens is 1. The normalized spacial score (nSPS) is 12.6. The van der Waals surface area contributed by atoms with Crippen LogP contribution in [-0.2, 0) is 4.79 Å². The third-order valence-corrected chi connectivity index (χ3v) is 2.33. The van der Waals surface area contributed by atoms with Gasteiger partial charge >= 0.3 is 0 Å². The van der Waals surface area contributed by atoms with E-state index < -0.39 is 6.04 Å². The number of anilines is 1. The Labute approximate surface area is 93.8 Å². The number of amides is 1. The van der Waals surface area contributed by atoms with Gasteiger partial charge in [0.05, 0.1) is 11.1 Å². The standard InChI is InChI=1S/C10H14ClN3O/c1-6(2)8(12)10(15)14-9-7(11)4-3-5-13-9/h3-6,8H,12H2,1-2H3,(H,13,14,15)/t8-/m0/s1. The number of hydrogen-bond acceptors (Lipinski definition) is 3. The zero-order valence-corrected chi connectivity index (χ0v) is 9.45. The molecule has 1 rings (SSSR count). The fourth-order valence-corrected chi connectivity index (χ4v) is 1.15. The zero-order chi connectivity index (χ0) is 11.4. The van der Waals surface area contributed by atoms with Crippen molar-refractivity contribution in [3.8, 4) is 0 Å². The minimum Gasteiger partial charge on any atom is -0.320 e. The number of rotatable bonds is 3. The molecule has 1 atom stereocenters. The second-order valence-corrected chi connectivity index (χ2v) is 4.00. The van der Waals surface area contributed by atoms with Gasteiger partial charge in [0.2, 0.25) is 5.91 Å². The van der Waals surface area contributed by atoms with Gasteiger partial charge in [-0.15, -0.1) is 0 Å². The molecule has 0 saturated heterocycles. The molecule has 0 aliphatic carbocycles. The maximum absolute atomic E-state index is 11.6. The molecule has 82 valence electrons. The van der Waals surface area contributed by atoms with Crippen molar-refractivity contribution < 1.29 is 4.79 Å². The molecule has 3 N–H and O–H groups in total. The lowest BCUT2D eigenvalue weighted by Crippen LogP contribution is -2.40. The summed E-state index contributed by atoms with van der Waals surface area (Å²) in [5.41, 5.74) is 5.68. The third-order valence-electron chi connectivity index (χ3n) is 2.02. The van der Waals surface area contributed by atoms with Crippen molar-refractivity contribution >= 4 is 23.3 Å². The van der Waals surface area contributed by atoms with E-state index in [0.717, 1.165) is 0 Å². The molecular weight excluding hydrogens is 214 g/mol. The molecule has 0 saturated carbocycles. The first kappa shape index (κ1) is 11.9. The molecule has 0 spiro atoms. The highest BCUT2D eigenvalue weighted by Gasteiger charge is 2.18. The highest BCUT2D eigenvalue weighted by molar-refractivity contribution is 6.33. The van der Waals surface area contributed by atoms with Crippen LogP contribution in [0.2, 0.25) is 5.02 Å². The molecule has 1 aromatic rings. The third kappa shape index (κ3) is 3.18. The minimum absolute atomic E-state index is 0.0764. The maximum Gasteiger partial charge on any atom is 0.242 e. The second-order valence-electron chi connectivity index (χ2n) is 3.59. The van der Waals surface area contributed by atoms with Gasteiger partial charge in [-0.25, -0.2) is 4.98 Å². The largest absolute Gasteiger partial charge is 0.320 e. The van der Waals surface area contributed by atoms with Crippen molar-refractivity contribution in [2.24, 2.45) is 11.7 Å². The Hall–Kier alpha value is -1.13. The highest BCUT2D eigenvalue weighted by atomic mass is 35.5. The fourth-order valence-electron chi connectivity index (χ4n) is 0.980. The number of nitrogens with zero attached hydrogens (tertiary/aromatic N) is 1. The summed E-state index contributed by atoms with van der Waals surface area (Å²) >= 11 is 5.83. The van der Waals surface area contributed by atoms with Gasteiger partial charge in [-0.1, -0.05) is 25.4 Å². The lowest BCUT2D eigenvalue weighted by molar-refractivity contribution is -0.118. The molecule has 15 heavy (non-hydrogen) atoms. The van der Waals surface area contributed by atoms with Crippen LogP contribution in [0, 0.1) is 5.92 Å². The summed E-state index contributed by atoms with van der Waals surface area (Å²) in [6.45, 7) is 3.76. The Morgan fingerprint density at radius 3 is 2.80 bits per heavy atom. The van der Waals surface area contributed by atoms with Gasteiger partial charge < -0.3 is 11.1 Å². The fraction of sp³-hybridized carbons (Fsp3) is 0.400. The van der Waals surface area contributed by atoms with Gasteiger partial charge in [0.1, 0.15) is 0 Å². The Kier molecular flexibility index (Phi) is 4.05. The van der Waals surface area contributed by atoms with Crippen molar-refractivity contribution in [3.05, 3.63) is 23.4 Å². The molecule has 0 aliphatic heterocycles. The Morgan fingerprint density at radius 2 is 2.27 bits per heavy atom. The number of carbonyl (C=O) groups excluding carboxylic acids is 1. The van der Waals surface area contributed by atoms with E-state index in [2.05, 4.69) is 10.3 Å². The van der Waals surface area contributed by atoms with E-state index >= 15 is 0 Å². The first-order valence-corrected chi connectivity index (χ1v) is 5.07. The Morgan fingerprint density at radius 1 is 1.60 bits per heavy atom. The summed E-state index contributed by atoms with van der Waals surface area (Å²) in [6, 6.07) is 2.80. The van der Waals surface area contributed by atoms with Crippen LogP contribution in [-0.4, -0.2) is 16.9 Å². The van der Waals surface area contributed by atoms with Crippen LogP contribution in [0.5, 0.6) is 0 Å². The van der Waals surface area contributed by atoms with Crippen LogP contribution >= 0.6 is 11.6 Å². The topological polar surface area (TPSA) is 68.0 Å². The molecule has 4 nitrogen and oxygen atoms in total. The molecule has 5 heteroatoms. The van der Waals surface area contributed by atoms with Crippen LogP contribution < -0.4 is 11.1 Å². The molecule has 0 fully saturated rings. The molecule has 1 heterocycles. The summed E-state index contributed by atoms with van der Waals surface area (Å²) < 4.78 is 0. The Bertz CT molecular complexity index is 354. The smallest absolute Gasteiger partial charge is 0.242 e. The average Bonchev–Trinajstić information content (AvgIpc) is 2.20. The molecule has 0 unspecified atom stereocenters. The summed E-state index contributed by atoms with van der Waals surface area (Å²) in [6.07, 6.45) is 1.56. The number of nitrogens with one attached hydrogen (secondary N) is 1. The molecule has 0 aromatic carbocycles. The van der Waals surface area contributed by atoms with Crippen LogP contribution in [0.4, 0.5) is 5.82 Å². The lowest BCUT2D eigenvalue weighted by Gasteiger charge is -2.15. The maximum atomic E-state index is 11.6. The van der Waals surface area contributed by atoms with Crippen LogP contribution in [0.15, 0.2) is 18.3 Å². The predicted octanol–water partition coefficient (Wildman–Crippen LogP) is 1.66. The molecule has 1 aromatic heterocycles. The molecule has 0 bridgehead atoms. The lowest BCUT2D eigenvalue weighted by atomic mass is 10.1. The van der Waals surface area contributed by atoms with Crippen molar-refractivity contribution in [2.75, 3.05) is 5.32 Å². The zero-order valence-electron chi connectivity index (χ0n) is 8.70. The average molecular weight is 228 g/mol. The SMILES string of the molecule is CC(C)[C@H](N)C(=O)Nc1ncccc1Cl. The first-order valence-electron chi connectivity index (χ1n) is 4.69. The van der Waals surface area contributed by atoms with Gasteiger partial charge in [0.15, 0.2) is 5.82 Å². The molecule has 1 amide bonds. The number of halogens is 1. The number of pyridine rings is 1. The highest BCUT2D eigenvalue weighted by Crippen LogP contribution is 2.17. The van der Waals surface area contributed by atoms with E-state index in [-0.39, 0.29) is 11.8 Å². The molecule has 0 aliphatic rings. The van der Waals surface area contributed by atoms with Gasteiger partial charge in [-0.2, -0.15) is 0 Å². The second kappa shape index (κ2) is 5.09. The molecule has 0 radical (unpaired) electrons. The Balaban J connectivity index is 2.71. The van der Waals surface area contributed by atoms with Crippen LogP contribution in [0.3, 0.4) is 0 Å². The summed E-state index contributed by atoms with van der Waals surface area (Å²) in [5, 5.41) is 2.99. The van der Waals surface area contributed by atoms with Crippen molar-refractivity contribution in [1.82, 2.24) is 4.98 Å². The number of hydrogen-bond donors (Lipinski definition) is 2. The minimum atomic E-state index is -0.553. The van der Waals surface area contributed by atoms with Gasteiger partial charge in [0.25, 0.3) is 0 Å². The van der Waals surface area contributed by atoms with E-state index in [4.69, 9.17) is 17.3 Å². The summed E-state index contributed by atoms with van der Waals surface area (Å²) in [5.74, 6) is 0.151. The van der Waals surface area contributed by atoms with E-state index in [9.17, 15) is 4.79 Å². The van der Waals surface area contributed by atoms with Crippen molar-refractivity contribution in [1.29, 1.82) is 0 Å². The number of carbonyl (C=O) groups is 1. The van der Waals surface area contributed by atoms with Gasteiger partial charge in [0, 0.05) is 6.20 Å². The van der Waals surface area contributed by atoms with Crippen LogP contribution in [0.1, 0.15) is 13.8 Å². The monoisotopic (exact) mass is 227 g/mol. The van der Waals surface area contributed by atoms with Gasteiger partial charge in [-0.05, 0) is 18.1 Å². The van der Waals surface area contributed by atoms with E-state index in [1.807, 2.05) is 13.8 Å². The van der Waals surface area contributed by atoms with Crippen molar-refractivity contribution in [2.45, 2.75) is 19.9 Å². The quantitative estimate of drug-likeness (QED) is 0.825. The summed E-state index contributed by atoms with van der Waals surface area (Å²) in [4.78, 5) is 15.5. The molecular formula is C10H14ClN3O. The predicted molar refractivity (Wildman–Crippen MR) is 60.7 cm³/mol. The van der Waals surface area contributed by atoms with Crippen molar-refractivity contribution in [3.63, 3.8) is 0 Å². The summed E-state index contributed by atoms with van der Waals surface area (Å²) in [7, 11) is 0. The van der Waals surface area contributed by atoms with Gasteiger partial charge in [-0.3, -0.25) is 4.79 Å². The van der Waals surface area contributed by atoms with E-state index in [0.29, 0.717) is 10.8 Å². The van der Waals surface area contributed by atoms with Crippen LogP contribution in [0.25, 0.3) is 0 Å². The first-order chi connectivity index (χ1) is 7.02. The van der Waals surface area contributed by atoms with E-state index in [1.165, 1.54) is 0 Å². The number of nitrogens with two attached hydrogens (primary N) is 1. The van der Waals surface area contributed by atoms with E-state index in [1.54, 1.807) is 18.3 Å².